The Labute approximate surface area is 122 Å². The van der Waals surface area contributed by atoms with E-state index < -0.39 is 0 Å². The number of rotatable bonds is 4. The van der Waals surface area contributed by atoms with Crippen molar-refractivity contribution in [1.29, 1.82) is 0 Å². The van der Waals surface area contributed by atoms with Gasteiger partial charge < -0.3 is 10.2 Å². The Morgan fingerprint density at radius 2 is 2.20 bits per heavy atom. The minimum Gasteiger partial charge on any atom is -0.326 e. The van der Waals surface area contributed by atoms with Crippen molar-refractivity contribution in [1.82, 2.24) is 4.90 Å². The zero-order valence-corrected chi connectivity index (χ0v) is 13.1. The van der Waals surface area contributed by atoms with Crippen LogP contribution in [-0.4, -0.2) is 30.4 Å². The summed E-state index contributed by atoms with van der Waals surface area (Å²) in [6.07, 6.45) is 2.94. The third-order valence-corrected chi connectivity index (χ3v) is 4.28. The first-order chi connectivity index (χ1) is 9.49. The van der Waals surface area contributed by atoms with E-state index in [1.807, 2.05) is 0 Å². The predicted molar refractivity (Wildman–Crippen MR) is 84.2 cm³/mol. The second kappa shape index (κ2) is 6.40. The normalized spacial score (nSPS) is 19.6. The van der Waals surface area contributed by atoms with Crippen LogP contribution >= 0.6 is 0 Å². The summed E-state index contributed by atoms with van der Waals surface area (Å²) in [6, 6.07) is 6.63. The van der Waals surface area contributed by atoms with Gasteiger partial charge in [-0.1, -0.05) is 32.0 Å². The second-order valence-electron chi connectivity index (χ2n) is 6.22. The first-order valence-corrected chi connectivity index (χ1v) is 7.58. The molecule has 1 fully saturated rings. The van der Waals surface area contributed by atoms with Crippen molar-refractivity contribution < 1.29 is 4.79 Å². The number of amides is 1. The van der Waals surface area contributed by atoms with Gasteiger partial charge >= 0.3 is 0 Å². The third-order valence-electron chi connectivity index (χ3n) is 4.28. The number of nitrogens with one attached hydrogen (secondary N) is 1. The second-order valence-corrected chi connectivity index (χ2v) is 6.22. The van der Waals surface area contributed by atoms with Crippen molar-refractivity contribution in [2.24, 2.45) is 0 Å². The molecule has 0 aliphatic carbocycles. The van der Waals surface area contributed by atoms with Gasteiger partial charge in [-0.3, -0.25) is 4.79 Å². The molecule has 1 aromatic carbocycles. The molecule has 1 amide bonds. The molecular weight excluding hydrogens is 248 g/mol. The zero-order valence-electron chi connectivity index (χ0n) is 13.1. The van der Waals surface area contributed by atoms with E-state index in [-0.39, 0.29) is 5.91 Å². The monoisotopic (exact) mass is 274 g/mol. The third kappa shape index (κ3) is 3.40. The molecule has 0 saturated carbocycles. The zero-order chi connectivity index (χ0) is 14.7. The molecule has 1 aliphatic rings. The number of hydrogen-bond acceptors (Lipinski definition) is 2. The van der Waals surface area contributed by atoms with E-state index in [0.717, 1.165) is 24.2 Å². The average Bonchev–Trinajstić information content (AvgIpc) is 2.77. The van der Waals surface area contributed by atoms with Crippen molar-refractivity contribution >= 4 is 11.6 Å². The van der Waals surface area contributed by atoms with Crippen LogP contribution in [0.3, 0.4) is 0 Å². The smallest absolute Gasteiger partial charge is 0.225 e. The quantitative estimate of drug-likeness (QED) is 0.910. The number of anilines is 1. The lowest BCUT2D eigenvalue weighted by Gasteiger charge is -2.20. The Balaban J connectivity index is 2.07. The highest BCUT2D eigenvalue weighted by atomic mass is 16.1. The summed E-state index contributed by atoms with van der Waals surface area (Å²) in [6.45, 7) is 7.49. The Kier molecular flexibility index (Phi) is 4.81. The number of hydrogen-bond donors (Lipinski definition) is 1. The van der Waals surface area contributed by atoms with Gasteiger partial charge in [-0.2, -0.15) is 0 Å². The van der Waals surface area contributed by atoms with Gasteiger partial charge in [-0.25, -0.2) is 0 Å². The van der Waals surface area contributed by atoms with E-state index in [0.29, 0.717) is 18.4 Å². The van der Waals surface area contributed by atoms with E-state index in [2.05, 4.69) is 56.2 Å². The number of carbonyl (C=O) groups is 1. The largest absolute Gasteiger partial charge is 0.326 e. The SMILES string of the molecule is Cc1cccc(C(C)C)c1NC(=O)CC1CCCN1C. The van der Waals surface area contributed by atoms with E-state index in [1.54, 1.807) is 0 Å². The highest BCUT2D eigenvalue weighted by Gasteiger charge is 2.24. The van der Waals surface area contributed by atoms with Crippen LogP contribution in [0.1, 0.15) is 50.2 Å². The number of carbonyl (C=O) groups excluding carboxylic acids is 1. The lowest BCUT2D eigenvalue weighted by molar-refractivity contribution is -0.117. The first kappa shape index (κ1) is 15.0. The van der Waals surface area contributed by atoms with E-state index in [1.165, 1.54) is 12.0 Å². The summed E-state index contributed by atoms with van der Waals surface area (Å²) in [5.74, 6) is 0.555. The first-order valence-electron chi connectivity index (χ1n) is 7.58. The molecule has 1 atom stereocenters. The van der Waals surface area contributed by atoms with Gasteiger partial charge in [0.05, 0.1) is 0 Å². The number of aryl methyl sites for hydroxylation is 1. The number of para-hydroxylation sites is 1. The Morgan fingerprint density at radius 1 is 1.45 bits per heavy atom. The summed E-state index contributed by atoms with van der Waals surface area (Å²) < 4.78 is 0. The molecular formula is C17H26N2O. The van der Waals surface area contributed by atoms with Gasteiger partial charge in [-0.15, -0.1) is 0 Å². The molecule has 0 spiro atoms. The molecule has 1 aromatic rings. The van der Waals surface area contributed by atoms with Crippen molar-refractivity contribution in [3.63, 3.8) is 0 Å². The molecule has 20 heavy (non-hydrogen) atoms. The van der Waals surface area contributed by atoms with Crippen LogP contribution < -0.4 is 5.32 Å². The molecule has 1 aliphatic heterocycles. The fraction of sp³-hybridized carbons (Fsp3) is 0.588. The molecule has 1 N–H and O–H groups in total. The maximum atomic E-state index is 12.3. The molecule has 3 heteroatoms. The summed E-state index contributed by atoms with van der Waals surface area (Å²) in [5, 5.41) is 3.14. The number of likely N-dealkylation sites (tertiary alicyclic amines) is 1. The molecule has 2 rings (SSSR count). The topological polar surface area (TPSA) is 32.3 Å². The standard InChI is InChI=1S/C17H26N2O/c1-12(2)15-9-5-7-13(3)17(15)18-16(20)11-14-8-6-10-19(14)4/h5,7,9,12,14H,6,8,10-11H2,1-4H3,(H,18,20). The van der Waals surface area contributed by atoms with Crippen LogP contribution in [0, 0.1) is 6.92 Å². The lowest BCUT2D eigenvalue weighted by Crippen LogP contribution is -2.30. The van der Waals surface area contributed by atoms with Gasteiger partial charge in [0.2, 0.25) is 5.91 Å². The van der Waals surface area contributed by atoms with Gasteiger partial charge in [0.1, 0.15) is 0 Å². The Morgan fingerprint density at radius 3 is 2.80 bits per heavy atom. The summed E-state index contributed by atoms with van der Waals surface area (Å²) in [5.41, 5.74) is 3.37. The molecule has 1 heterocycles. The minimum atomic E-state index is 0.139. The minimum absolute atomic E-state index is 0.139. The molecule has 3 nitrogen and oxygen atoms in total. The molecule has 1 saturated heterocycles. The molecule has 0 radical (unpaired) electrons. The maximum absolute atomic E-state index is 12.3. The fourth-order valence-corrected chi connectivity index (χ4v) is 2.98. The highest BCUT2D eigenvalue weighted by molar-refractivity contribution is 5.92. The van der Waals surface area contributed by atoms with Crippen molar-refractivity contribution in [2.45, 2.75) is 52.0 Å². The lowest BCUT2D eigenvalue weighted by atomic mass is 9.98. The number of benzene rings is 1. The number of nitrogens with zero attached hydrogens (tertiary/aromatic N) is 1. The summed E-state index contributed by atoms with van der Waals surface area (Å²) >= 11 is 0. The van der Waals surface area contributed by atoms with Crippen molar-refractivity contribution in [3.05, 3.63) is 29.3 Å². The summed E-state index contributed by atoms with van der Waals surface area (Å²) in [4.78, 5) is 14.6. The van der Waals surface area contributed by atoms with Gasteiger partial charge in [0.15, 0.2) is 0 Å². The van der Waals surface area contributed by atoms with Crippen molar-refractivity contribution in [3.8, 4) is 0 Å². The van der Waals surface area contributed by atoms with Gasteiger partial charge in [0.25, 0.3) is 0 Å². The van der Waals surface area contributed by atoms with E-state index in [9.17, 15) is 4.79 Å². The van der Waals surface area contributed by atoms with Crippen LogP contribution in [0.4, 0.5) is 5.69 Å². The Bertz CT molecular complexity index is 482. The van der Waals surface area contributed by atoms with Crippen LogP contribution in [-0.2, 0) is 4.79 Å². The van der Waals surface area contributed by atoms with Crippen LogP contribution in [0.15, 0.2) is 18.2 Å². The van der Waals surface area contributed by atoms with Crippen molar-refractivity contribution in [2.75, 3.05) is 18.9 Å². The molecule has 0 bridgehead atoms. The van der Waals surface area contributed by atoms with Crippen LogP contribution in [0.25, 0.3) is 0 Å². The van der Waals surface area contributed by atoms with Crippen LogP contribution in [0.2, 0.25) is 0 Å². The Hall–Kier alpha value is -1.35. The average molecular weight is 274 g/mol. The molecule has 1 unspecified atom stereocenters. The van der Waals surface area contributed by atoms with Gasteiger partial charge in [0, 0.05) is 18.2 Å². The predicted octanol–water partition coefficient (Wildman–Crippen LogP) is 3.54. The van der Waals surface area contributed by atoms with Gasteiger partial charge in [-0.05, 0) is 50.4 Å². The molecule has 0 aromatic heterocycles. The van der Waals surface area contributed by atoms with E-state index >= 15 is 0 Å². The molecule has 110 valence electrons. The maximum Gasteiger partial charge on any atom is 0.225 e. The van der Waals surface area contributed by atoms with Crippen LogP contribution in [0.5, 0.6) is 0 Å². The summed E-state index contributed by atoms with van der Waals surface area (Å²) in [7, 11) is 2.11. The fourth-order valence-electron chi connectivity index (χ4n) is 2.98. The van der Waals surface area contributed by atoms with E-state index in [4.69, 9.17) is 0 Å². The highest BCUT2D eigenvalue weighted by Crippen LogP contribution is 2.28.